The number of hydrogen-bond donors (Lipinski definition) is 1. The van der Waals surface area contributed by atoms with Crippen LogP contribution in [0, 0.1) is 0 Å². The minimum Gasteiger partial charge on any atom is -0.311 e. The lowest BCUT2D eigenvalue weighted by Crippen LogP contribution is -2.57. The number of alkyl halides is 3. The first kappa shape index (κ1) is 20.6. The van der Waals surface area contributed by atoms with E-state index in [0.29, 0.717) is 26.2 Å². The number of halogens is 4. The van der Waals surface area contributed by atoms with Gasteiger partial charge < -0.3 is 5.32 Å². The van der Waals surface area contributed by atoms with E-state index in [1.165, 1.54) is 11.1 Å². The molecule has 1 N–H and O–H groups in total. The molecule has 2 fully saturated rings. The van der Waals surface area contributed by atoms with Crippen LogP contribution in [-0.2, 0) is 3.55 Å². The number of benzene rings is 2. The Morgan fingerprint density at radius 2 is 1.24 bits per heavy atom. The quantitative estimate of drug-likeness (QED) is 0.401. The summed E-state index contributed by atoms with van der Waals surface area (Å²) in [5.41, 5.74) is 2.41. The molecule has 0 amide bonds. The third-order valence-corrected chi connectivity index (χ3v) is 6.24. The van der Waals surface area contributed by atoms with Gasteiger partial charge in [-0.1, -0.05) is 83.3 Å². The molecule has 2 aliphatic heterocycles. The van der Waals surface area contributed by atoms with Gasteiger partial charge in [-0.05, 0) is 11.1 Å². The first-order chi connectivity index (χ1) is 11.6. The normalized spacial score (nSPS) is 18.2. The molecule has 6 heteroatoms. The summed E-state index contributed by atoms with van der Waals surface area (Å²) < 4.78 is 24.5. The molecule has 2 aromatic carbocycles. The number of rotatable bonds is 3. The van der Waals surface area contributed by atoms with Crippen molar-refractivity contribution >= 4 is 35.0 Å². The maximum absolute atomic E-state index is 13.3. The molecule has 2 heterocycles. The third-order valence-electron chi connectivity index (χ3n) is 4.32. The highest BCUT2D eigenvalue weighted by atomic mass is 127. The number of likely N-dealkylation sites (tertiary alicyclic amines) is 1. The van der Waals surface area contributed by atoms with Crippen LogP contribution in [0.1, 0.15) is 11.1 Å². The second-order valence-corrected chi connectivity index (χ2v) is 7.67. The second-order valence-electron chi connectivity index (χ2n) is 6.11. The molecule has 0 spiro atoms. The molecule has 2 nitrogen and oxygen atoms in total. The fraction of sp³-hybridized carbons (Fsp3) is 0.368. The lowest BCUT2D eigenvalue weighted by Gasteiger charge is -2.47. The first-order valence-electron chi connectivity index (χ1n) is 8.14. The number of nitrogens with zero attached hydrogens (tertiary/aromatic N) is 1. The van der Waals surface area contributed by atoms with Crippen LogP contribution in [0.5, 0.6) is 0 Å². The second kappa shape index (κ2) is 9.26. The van der Waals surface area contributed by atoms with Gasteiger partial charge in [-0.3, -0.25) is 4.90 Å². The van der Waals surface area contributed by atoms with E-state index in [-0.39, 0.29) is 16.0 Å². The molecule has 0 aromatic heterocycles. The number of nitrogens with one attached hydrogen (secondary N) is 1. The van der Waals surface area contributed by atoms with Crippen molar-refractivity contribution in [2.45, 2.75) is 15.9 Å². The molecule has 0 atom stereocenters. The topological polar surface area (TPSA) is 15.3 Å². The van der Waals surface area contributed by atoms with Gasteiger partial charge in [-0.15, -0.1) is 12.4 Å². The molecule has 2 saturated heterocycles. The van der Waals surface area contributed by atoms with Crippen molar-refractivity contribution in [2.24, 2.45) is 0 Å². The smallest absolute Gasteiger partial charge is 0.125 e. The zero-order chi connectivity index (χ0) is 17.0. The number of hydrogen-bond acceptors (Lipinski definition) is 2. The first-order valence-corrected chi connectivity index (χ1v) is 9.22. The molecule has 25 heavy (non-hydrogen) atoms. The van der Waals surface area contributed by atoms with Crippen molar-refractivity contribution in [1.82, 2.24) is 10.2 Å². The van der Waals surface area contributed by atoms with E-state index in [4.69, 9.17) is 0 Å². The highest BCUT2D eigenvalue weighted by molar-refractivity contribution is 14.1. The summed E-state index contributed by atoms with van der Waals surface area (Å²) in [5, 5.41) is 2.79. The van der Waals surface area contributed by atoms with E-state index in [1.54, 1.807) is 0 Å². The van der Waals surface area contributed by atoms with Crippen LogP contribution in [0.4, 0.5) is 8.78 Å². The summed E-state index contributed by atoms with van der Waals surface area (Å²) >= 11 is 2.45. The lowest BCUT2D eigenvalue weighted by molar-refractivity contribution is 0.0330. The van der Waals surface area contributed by atoms with Gasteiger partial charge in [-0.2, -0.15) is 0 Å². The van der Waals surface area contributed by atoms with Gasteiger partial charge in [0.15, 0.2) is 0 Å². The fourth-order valence-electron chi connectivity index (χ4n) is 2.78. The van der Waals surface area contributed by atoms with Crippen LogP contribution in [0.3, 0.4) is 0 Å². The maximum Gasteiger partial charge on any atom is 0.125 e. The highest BCUT2D eigenvalue weighted by Crippen LogP contribution is 2.45. The summed E-state index contributed by atoms with van der Waals surface area (Å²) in [7, 11) is 0. The van der Waals surface area contributed by atoms with Crippen LogP contribution < -0.4 is 5.32 Å². The average molecular weight is 479 g/mol. The van der Waals surface area contributed by atoms with Crippen LogP contribution in [0.2, 0.25) is 0 Å². The molecular weight excluding hydrogens is 457 g/mol. The third kappa shape index (κ3) is 4.70. The van der Waals surface area contributed by atoms with Gasteiger partial charge in [0.25, 0.3) is 0 Å². The Hall–Kier alpha value is -0.760. The van der Waals surface area contributed by atoms with Crippen molar-refractivity contribution in [3.8, 4) is 0 Å². The van der Waals surface area contributed by atoms with Gasteiger partial charge in [-0.25, -0.2) is 8.78 Å². The summed E-state index contributed by atoms with van der Waals surface area (Å²) in [6.07, 6.45) is -1.24. The standard InChI is InChI=1S/C16H15FIN.C3H6FN.ClH/c17-15-11-19(12-15)16(18,13-7-3-1-4-8-13)14-9-5-2-6-10-14;4-3-1-5-2-3;/h1-10,15H,11-12H2;3,5H,1-2H2;1H. The molecule has 2 aliphatic rings. The van der Waals surface area contributed by atoms with E-state index < -0.39 is 12.3 Å². The summed E-state index contributed by atoms with van der Waals surface area (Å²) in [6.45, 7) is 2.15. The Balaban J connectivity index is 0.000000325. The van der Waals surface area contributed by atoms with Crippen molar-refractivity contribution in [1.29, 1.82) is 0 Å². The minimum atomic E-state index is -0.693. The largest absolute Gasteiger partial charge is 0.311 e. The maximum atomic E-state index is 13.3. The average Bonchev–Trinajstić information content (AvgIpc) is 2.59. The van der Waals surface area contributed by atoms with E-state index in [0.717, 1.165) is 0 Å². The van der Waals surface area contributed by atoms with Gasteiger partial charge >= 0.3 is 0 Å². The highest BCUT2D eigenvalue weighted by Gasteiger charge is 2.44. The van der Waals surface area contributed by atoms with Crippen LogP contribution in [0.15, 0.2) is 60.7 Å². The predicted molar refractivity (Wildman–Crippen MR) is 109 cm³/mol. The van der Waals surface area contributed by atoms with Crippen molar-refractivity contribution in [2.75, 3.05) is 26.2 Å². The fourth-order valence-corrected chi connectivity index (χ4v) is 3.89. The van der Waals surface area contributed by atoms with Crippen LogP contribution in [0.25, 0.3) is 0 Å². The van der Waals surface area contributed by atoms with Crippen molar-refractivity contribution in [3.05, 3.63) is 71.8 Å². The van der Waals surface area contributed by atoms with Gasteiger partial charge in [0.05, 0.1) is 0 Å². The van der Waals surface area contributed by atoms with Crippen LogP contribution in [-0.4, -0.2) is 43.4 Å². The molecule has 2 aromatic rings. The summed E-state index contributed by atoms with van der Waals surface area (Å²) in [5.74, 6) is 0. The minimum absolute atomic E-state index is 0. The Kier molecular flexibility index (Phi) is 7.61. The van der Waals surface area contributed by atoms with Gasteiger partial charge in [0.1, 0.15) is 15.9 Å². The molecular formula is C19H22ClF2IN2. The van der Waals surface area contributed by atoms with E-state index >= 15 is 0 Å². The predicted octanol–water partition coefficient (Wildman–Crippen LogP) is 4.33. The van der Waals surface area contributed by atoms with Gasteiger partial charge in [0, 0.05) is 26.2 Å². The van der Waals surface area contributed by atoms with E-state index in [1.807, 2.05) is 36.4 Å². The summed E-state index contributed by atoms with van der Waals surface area (Å²) in [4.78, 5) is 2.20. The molecule has 0 unspecified atom stereocenters. The Labute approximate surface area is 167 Å². The zero-order valence-corrected chi connectivity index (χ0v) is 16.7. The Bertz CT molecular complexity index is 595. The monoisotopic (exact) mass is 478 g/mol. The summed E-state index contributed by atoms with van der Waals surface area (Å²) in [6, 6.07) is 20.7. The molecule has 0 radical (unpaired) electrons. The van der Waals surface area contributed by atoms with E-state index in [2.05, 4.69) is 57.1 Å². The Morgan fingerprint density at radius 3 is 1.52 bits per heavy atom. The molecule has 0 aliphatic carbocycles. The molecule has 0 saturated carbocycles. The van der Waals surface area contributed by atoms with Crippen molar-refractivity contribution in [3.63, 3.8) is 0 Å². The Morgan fingerprint density at radius 1 is 0.840 bits per heavy atom. The van der Waals surface area contributed by atoms with Crippen LogP contribution >= 0.6 is 35.0 Å². The van der Waals surface area contributed by atoms with Crippen molar-refractivity contribution < 1.29 is 8.78 Å². The SMILES string of the molecule is Cl.FC1CN(C(I)(c2ccccc2)c2ccccc2)C1.FC1CNC1. The zero-order valence-electron chi connectivity index (χ0n) is 13.7. The lowest BCUT2D eigenvalue weighted by atomic mass is 9.94. The van der Waals surface area contributed by atoms with Gasteiger partial charge in [0.2, 0.25) is 0 Å². The molecule has 0 bridgehead atoms. The van der Waals surface area contributed by atoms with E-state index in [9.17, 15) is 8.78 Å². The molecule has 136 valence electrons. The molecule has 4 rings (SSSR count).